The third kappa shape index (κ3) is 4.95. The van der Waals surface area contributed by atoms with E-state index in [1.807, 2.05) is 24.3 Å². The second-order valence-electron chi connectivity index (χ2n) is 7.74. The van der Waals surface area contributed by atoms with Crippen LogP contribution in [0.5, 0.6) is 0 Å². The number of halogens is 3. The Morgan fingerprint density at radius 3 is 2.94 bits per heavy atom. The zero-order valence-corrected chi connectivity index (χ0v) is 17.9. The van der Waals surface area contributed by atoms with Crippen LogP contribution in [-0.2, 0) is 17.8 Å². The van der Waals surface area contributed by atoms with Gasteiger partial charge < -0.3 is 9.32 Å². The number of benzene rings is 1. The van der Waals surface area contributed by atoms with E-state index >= 15 is 0 Å². The van der Waals surface area contributed by atoms with Gasteiger partial charge in [-0.1, -0.05) is 23.7 Å². The van der Waals surface area contributed by atoms with Gasteiger partial charge in [0.2, 0.25) is 11.8 Å². The zero-order chi connectivity index (χ0) is 22.0. The number of amides is 1. The largest absolute Gasteiger partial charge is 0.443 e. The topological polar surface area (TPSA) is 64.2 Å². The Balaban J connectivity index is 1.50. The lowest BCUT2D eigenvalue weighted by molar-refractivity contribution is -0.136. The first-order valence-corrected chi connectivity index (χ1v) is 10.6. The van der Waals surface area contributed by atoms with Crippen LogP contribution in [0.1, 0.15) is 60.3 Å². The van der Waals surface area contributed by atoms with Crippen molar-refractivity contribution < 1.29 is 18.0 Å². The molecule has 6 nitrogen and oxygen atoms in total. The highest BCUT2D eigenvalue weighted by Gasteiger charge is 2.32. The molecule has 1 aliphatic rings. The molecule has 2 aromatic heterocycles. The first-order chi connectivity index (χ1) is 14.9. The van der Waals surface area contributed by atoms with Crippen LogP contribution in [0.2, 0.25) is 5.02 Å². The average Bonchev–Trinajstić information content (AvgIpc) is 3.34. The average molecular weight is 449 g/mol. The quantitative estimate of drug-likeness (QED) is 0.525. The van der Waals surface area contributed by atoms with Crippen molar-refractivity contribution in [1.29, 1.82) is 0 Å². The highest BCUT2D eigenvalue weighted by atomic mass is 35.5. The van der Waals surface area contributed by atoms with E-state index in [1.165, 1.54) is 6.07 Å². The van der Waals surface area contributed by atoms with E-state index in [0.29, 0.717) is 41.8 Å². The Morgan fingerprint density at radius 2 is 2.16 bits per heavy atom. The summed E-state index contributed by atoms with van der Waals surface area (Å²) in [4.78, 5) is 19.1. The van der Waals surface area contributed by atoms with E-state index in [-0.39, 0.29) is 24.2 Å². The molecule has 1 atom stereocenters. The van der Waals surface area contributed by atoms with E-state index in [2.05, 4.69) is 10.1 Å². The number of likely N-dealkylation sites (tertiary alicyclic amines) is 1. The Labute approximate surface area is 183 Å². The van der Waals surface area contributed by atoms with Crippen molar-refractivity contribution in [3.8, 4) is 0 Å². The van der Waals surface area contributed by atoms with Crippen LogP contribution < -0.4 is 0 Å². The van der Waals surface area contributed by atoms with Crippen molar-refractivity contribution in [2.24, 2.45) is 0 Å². The number of alkyl halides is 2. The Kier molecular flexibility index (Phi) is 6.36. The number of carbonyl (C=O) groups is 1. The van der Waals surface area contributed by atoms with Gasteiger partial charge in [0.05, 0.1) is 11.9 Å². The number of aryl methyl sites for hydroxylation is 1. The van der Waals surface area contributed by atoms with Gasteiger partial charge in [-0.25, -0.2) is 13.8 Å². The third-order valence-corrected chi connectivity index (χ3v) is 5.62. The zero-order valence-electron chi connectivity index (χ0n) is 17.1. The monoisotopic (exact) mass is 448 g/mol. The molecule has 0 bridgehead atoms. The first kappa shape index (κ1) is 21.5. The molecule has 0 radical (unpaired) electrons. The lowest BCUT2D eigenvalue weighted by Crippen LogP contribution is -2.40. The van der Waals surface area contributed by atoms with Gasteiger partial charge in [-0.2, -0.15) is 5.10 Å². The van der Waals surface area contributed by atoms with Crippen molar-refractivity contribution in [2.45, 2.75) is 51.6 Å². The minimum absolute atomic E-state index is 0.236. The molecule has 164 valence electrons. The number of carbonyl (C=O) groups excluding carboxylic acids is 1. The van der Waals surface area contributed by atoms with Crippen LogP contribution in [0.3, 0.4) is 0 Å². The normalized spacial score (nSPS) is 16.8. The number of aromatic nitrogens is 3. The highest BCUT2D eigenvalue weighted by Crippen LogP contribution is 2.31. The molecule has 0 unspecified atom stereocenters. The molecule has 1 amide bonds. The predicted molar refractivity (Wildman–Crippen MR) is 111 cm³/mol. The van der Waals surface area contributed by atoms with E-state index in [1.54, 1.807) is 18.0 Å². The molecule has 0 aliphatic carbocycles. The van der Waals surface area contributed by atoms with Crippen LogP contribution in [0.4, 0.5) is 8.78 Å². The minimum Gasteiger partial charge on any atom is -0.443 e. The van der Waals surface area contributed by atoms with Gasteiger partial charge in [-0.15, -0.1) is 0 Å². The summed E-state index contributed by atoms with van der Waals surface area (Å²) in [5.41, 5.74) is 1.20. The Hall–Kier alpha value is -2.74. The maximum absolute atomic E-state index is 13.3. The standard InChI is InChI=1S/C22H23ClF2N4O2/c1-14-9-19(21(24)25)29(27-14)13-20(30)28-8-3-2-7-18(28)22-26-12-17(31-22)11-15-5-4-6-16(23)10-15/h4-6,9-10,12,18,21H,2-3,7-8,11,13H2,1H3/t18-/m0/s1. The van der Waals surface area contributed by atoms with E-state index < -0.39 is 6.43 Å². The second kappa shape index (κ2) is 9.18. The molecule has 3 heterocycles. The molecule has 1 aliphatic heterocycles. The fourth-order valence-electron chi connectivity index (χ4n) is 3.98. The van der Waals surface area contributed by atoms with Crippen molar-refractivity contribution in [3.63, 3.8) is 0 Å². The van der Waals surface area contributed by atoms with Crippen molar-refractivity contribution in [3.05, 3.63) is 70.2 Å². The van der Waals surface area contributed by atoms with Gasteiger partial charge in [-0.05, 0) is 49.9 Å². The first-order valence-electron chi connectivity index (χ1n) is 10.2. The molecular formula is C22H23ClF2N4O2. The lowest BCUT2D eigenvalue weighted by atomic mass is 10.0. The van der Waals surface area contributed by atoms with Gasteiger partial charge in [0.25, 0.3) is 6.43 Å². The molecule has 3 aromatic rings. The predicted octanol–water partition coefficient (Wildman–Crippen LogP) is 5.12. The van der Waals surface area contributed by atoms with Crippen LogP contribution in [0.15, 0.2) is 40.9 Å². The summed E-state index contributed by atoms with van der Waals surface area (Å²) >= 11 is 6.05. The van der Waals surface area contributed by atoms with Gasteiger partial charge in [0.15, 0.2) is 0 Å². The highest BCUT2D eigenvalue weighted by molar-refractivity contribution is 6.30. The molecule has 0 saturated carbocycles. The number of rotatable bonds is 6. The van der Waals surface area contributed by atoms with Gasteiger partial charge in [0.1, 0.15) is 24.0 Å². The molecule has 1 fully saturated rings. The molecule has 0 spiro atoms. The summed E-state index contributed by atoms with van der Waals surface area (Å²) < 4.78 is 33.6. The summed E-state index contributed by atoms with van der Waals surface area (Å²) in [5.74, 6) is 0.873. The number of nitrogens with zero attached hydrogens (tertiary/aromatic N) is 4. The van der Waals surface area contributed by atoms with Gasteiger partial charge >= 0.3 is 0 Å². The minimum atomic E-state index is -2.69. The van der Waals surface area contributed by atoms with Crippen molar-refractivity contribution in [1.82, 2.24) is 19.7 Å². The molecule has 31 heavy (non-hydrogen) atoms. The Morgan fingerprint density at radius 1 is 1.32 bits per heavy atom. The summed E-state index contributed by atoms with van der Waals surface area (Å²) in [6, 6.07) is 8.50. The van der Waals surface area contributed by atoms with Crippen molar-refractivity contribution >= 4 is 17.5 Å². The molecule has 1 saturated heterocycles. The number of hydrogen-bond acceptors (Lipinski definition) is 4. The van der Waals surface area contributed by atoms with Gasteiger partial charge in [0, 0.05) is 18.0 Å². The molecule has 9 heteroatoms. The van der Waals surface area contributed by atoms with Crippen LogP contribution in [0.25, 0.3) is 0 Å². The van der Waals surface area contributed by atoms with Gasteiger partial charge in [-0.3, -0.25) is 9.48 Å². The maximum Gasteiger partial charge on any atom is 0.280 e. The second-order valence-corrected chi connectivity index (χ2v) is 8.18. The maximum atomic E-state index is 13.3. The number of hydrogen-bond donors (Lipinski definition) is 0. The molecule has 0 N–H and O–H groups in total. The molecular weight excluding hydrogens is 426 g/mol. The Bertz CT molecular complexity index is 1070. The smallest absolute Gasteiger partial charge is 0.280 e. The molecule has 4 rings (SSSR count). The van der Waals surface area contributed by atoms with E-state index in [9.17, 15) is 13.6 Å². The number of piperidine rings is 1. The fourth-order valence-corrected chi connectivity index (χ4v) is 4.19. The summed E-state index contributed by atoms with van der Waals surface area (Å²) in [6.07, 6.45) is 2.01. The third-order valence-electron chi connectivity index (χ3n) is 5.39. The van der Waals surface area contributed by atoms with Crippen LogP contribution in [-0.4, -0.2) is 32.1 Å². The summed E-state index contributed by atoms with van der Waals surface area (Å²) in [7, 11) is 0. The SMILES string of the molecule is Cc1cc(C(F)F)n(CC(=O)N2CCCC[C@H]2c2ncc(Cc3cccc(Cl)c3)o2)n1. The lowest BCUT2D eigenvalue weighted by Gasteiger charge is -2.34. The number of oxazole rings is 1. The molecule has 1 aromatic carbocycles. The van der Waals surface area contributed by atoms with Crippen LogP contribution in [0, 0.1) is 6.92 Å². The van der Waals surface area contributed by atoms with Crippen LogP contribution >= 0.6 is 11.6 Å². The van der Waals surface area contributed by atoms with Crippen molar-refractivity contribution in [2.75, 3.05) is 6.54 Å². The fraction of sp³-hybridized carbons (Fsp3) is 0.409. The van der Waals surface area contributed by atoms with E-state index in [0.717, 1.165) is 23.1 Å². The summed E-state index contributed by atoms with van der Waals surface area (Å²) in [5, 5.41) is 4.71. The summed E-state index contributed by atoms with van der Waals surface area (Å²) in [6.45, 7) is 1.92. The van der Waals surface area contributed by atoms with E-state index in [4.69, 9.17) is 16.0 Å².